The van der Waals surface area contributed by atoms with Crippen molar-refractivity contribution in [1.82, 2.24) is 4.90 Å². The van der Waals surface area contributed by atoms with Crippen molar-refractivity contribution in [2.45, 2.75) is 30.6 Å². The topological polar surface area (TPSA) is 175 Å². The predicted molar refractivity (Wildman–Crippen MR) is 112 cm³/mol. The molecule has 0 spiro atoms. The van der Waals surface area contributed by atoms with E-state index in [4.69, 9.17) is 17.3 Å². The van der Waals surface area contributed by atoms with Crippen LogP contribution in [0.2, 0.25) is 5.02 Å². The minimum atomic E-state index is -2.86. The standard InChI is InChI=1S/C22H23ClN2O8/c1-21(32)7-6-8-15(25(2)3)17(28)13(20(24)31)19(30)22(8,33)18(29)11(7)16(27)12-10(26)5-4-9(23)14(12)21/h4-5,7-8,11,13,15,26,32-33H,6H2,1-3H3,(H2,24,31)/t7?,8?,11?,13?,15-,21?,22?/m1/s1. The Labute approximate surface area is 193 Å². The lowest BCUT2D eigenvalue weighted by atomic mass is 9.49. The van der Waals surface area contributed by atoms with Crippen LogP contribution in [0.1, 0.15) is 29.3 Å². The van der Waals surface area contributed by atoms with Crippen LogP contribution >= 0.6 is 11.6 Å². The summed E-state index contributed by atoms with van der Waals surface area (Å²) >= 11 is 6.25. The van der Waals surface area contributed by atoms with E-state index in [1.807, 2.05) is 0 Å². The molecule has 1 amide bonds. The van der Waals surface area contributed by atoms with Gasteiger partial charge in [0, 0.05) is 22.4 Å². The fraction of sp³-hybridized carbons (Fsp3) is 0.500. The summed E-state index contributed by atoms with van der Waals surface area (Å²) in [5.41, 5.74) is 0.0293. The molecule has 0 radical (unpaired) electrons. The first-order valence-electron chi connectivity index (χ1n) is 10.3. The minimum Gasteiger partial charge on any atom is -0.507 e. The Hall–Kier alpha value is -2.66. The van der Waals surface area contributed by atoms with Gasteiger partial charge in [0.1, 0.15) is 5.75 Å². The van der Waals surface area contributed by atoms with E-state index in [1.165, 1.54) is 32.0 Å². The van der Waals surface area contributed by atoms with Gasteiger partial charge in [0.05, 0.1) is 23.1 Å². The number of ketones is 4. The normalized spacial score (nSPS) is 38.1. The van der Waals surface area contributed by atoms with Gasteiger partial charge in [0.15, 0.2) is 34.7 Å². The van der Waals surface area contributed by atoms with Crippen LogP contribution in [0.15, 0.2) is 12.1 Å². The summed E-state index contributed by atoms with van der Waals surface area (Å²) in [6.07, 6.45) is -0.289. The van der Waals surface area contributed by atoms with Crippen LogP contribution in [0.25, 0.3) is 0 Å². The van der Waals surface area contributed by atoms with E-state index in [9.17, 15) is 39.3 Å². The SMILES string of the molecule is CN(C)[C@H]1C(=O)C(C(N)=O)C(=O)C2(O)C(=O)C3C(=O)c4c(O)ccc(Cl)c4C(C)(O)C3CC12. The van der Waals surface area contributed by atoms with Crippen molar-refractivity contribution < 1.29 is 39.3 Å². The van der Waals surface area contributed by atoms with Crippen LogP contribution in [0.5, 0.6) is 5.75 Å². The maximum atomic E-state index is 13.7. The Kier molecular flexibility index (Phi) is 5.10. The molecule has 0 bridgehead atoms. The molecule has 1 aromatic carbocycles. The van der Waals surface area contributed by atoms with Crippen molar-refractivity contribution >= 4 is 40.6 Å². The molecule has 2 fully saturated rings. The van der Waals surface area contributed by atoms with Gasteiger partial charge in [-0.2, -0.15) is 0 Å². The molecule has 6 unspecified atom stereocenters. The number of fused-ring (bicyclic) bond motifs is 3. The lowest BCUT2D eigenvalue weighted by Gasteiger charge is -2.55. The summed E-state index contributed by atoms with van der Waals surface area (Å²) < 4.78 is 0. The van der Waals surface area contributed by atoms with Gasteiger partial charge in [0.25, 0.3) is 0 Å². The van der Waals surface area contributed by atoms with Gasteiger partial charge < -0.3 is 21.1 Å². The number of carbonyl (C=O) groups excluding carboxylic acids is 5. The Morgan fingerprint density at radius 2 is 1.73 bits per heavy atom. The monoisotopic (exact) mass is 478 g/mol. The number of amides is 1. The highest BCUT2D eigenvalue weighted by atomic mass is 35.5. The van der Waals surface area contributed by atoms with E-state index in [2.05, 4.69) is 0 Å². The number of hydrogen-bond acceptors (Lipinski definition) is 9. The highest BCUT2D eigenvalue weighted by molar-refractivity contribution is 6.34. The Morgan fingerprint density at radius 3 is 2.27 bits per heavy atom. The number of primary amides is 1. The highest BCUT2D eigenvalue weighted by Gasteiger charge is 2.71. The number of halogens is 1. The third-order valence-electron chi connectivity index (χ3n) is 7.43. The first-order valence-corrected chi connectivity index (χ1v) is 10.7. The fourth-order valence-corrected chi connectivity index (χ4v) is 6.30. The number of benzene rings is 1. The molecule has 0 heterocycles. The number of nitrogens with two attached hydrogens (primary N) is 1. The zero-order chi connectivity index (χ0) is 24.8. The van der Waals surface area contributed by atoms with Crippen LogP contribution in [-0.2, 0) is 24.8 Å². The highest BCUT2D eigenvalue weighted by Crippen LogP contribution is 2.56. The van der Waals surface area contributed by atoms with Crippen molar-refractivity contribution in [2.75, 3.05) is 14.1 Å². The molecule has 1 aromatic rings. The largest absolute Gasteiger partial charge is 0.507 e. The first-order chi connectivity index (χ1) is 15.2. The molecule has 33 heavy (non-hydrogen) atoms. The summed E-state index contributed by atoms with van der Waals surface area (Å²) in [6, 6.07) is 1.17. The van der Waals surface area contributed by atoms with E-state index in [1.54, 1.807) is 0 Å². The molecule has 0 aliphatic heterocycles. The van der Waals surface area contributed by atoms with Crippen molar-refractivity contribution in [1.29, 1.82) is 0 Å². The predicted octanol–water partition coefficient (Wildman–Crippen LogP) is -0.815. The average Bonchev–Trinajstić information content (AvgIpc) is 2.69. The Bertz CT molecular complexity index is 1150. The number of aliphatic hydroxyl groups is 2. The Balaban J connectivity index is 1.97. The van der Waals surface area contributed by atoms with Gasteiger partial charge >= 0.3 is 0 Å². The second kappa shape index (κ2) is 7.17. The Morgan fingerprint density at radius 1 is 1.12 bits per heavy atom. The molecule has 11 heteroatoms. The van der Waals surface area contributed by atoms with Gasteiger partial charge in [-0.05, 0) is 39.6 Å². The second-order valence-electron chi connectivity index (χ2n) is 9.40. The zero-order valence-corrected chi connectivity index (χ0v) is 18.8. The van der Waals surface area contributed by atoms with Gasteiger partial charge in [-0.3, -0.25) is 28.9 Å². The lowest BCUT2D eigenvalue weighted by molar-refractivity contribution is -0.188. The van der Waals surface area contributed by atoms with E-state index in [0.717, 1.165) is 6.07 Å². The van der Waals surface area contributed by atoms with Crippen LogP contribution in [0.4, 0.5) is 0 Å². The molecule has 176 valence electrons. The molecule has 5 N–H and O–H groups in total. The van der Waals surface area contributed by atoms with Crippen LogP contribution in [0.3, 0.4) is 0 Å². The molecular weight excluding hydrogens is 456 g/mol. The van der Waals surface area contributed by atoms with Crippen LogP contribution in [0, 0.1) is 23.7 Å². The van der Waals surface area contributed by atoms with Gasteiger partial charge in [0.2, 0.25) is 5.91 Å². The molecule has 10 nitrogen and oxygen atoms in total. The third-order valence-corrected chi connectivity index (χ3v) is 7.75. The summed E-state index contributed by atoms with van der Waals surface area (Å²) in [7, 11) is 2.95. The average molecular weight is 479 g/mol. The molecule has 4 rings (SSSR count). The van der Waals surface area contributed by atoms with E-state index in [-0.39, 0.29) is 22.6 Å². The van der Waals surface area contributed by atoms with E-state index in [0.29, 0.717) is 0 Å². The van der Waals surface area contributed by atoms with Gasteiger partial charge in [-0.15, -0.1) is 0 Å². The number of phenolic OH excluding ortho intramolecular Hbond substituents is 1. The number of Topliss-reactive ketones (excluding diaryl/α,β-unsaturated/α-hetero) is 4. The molecular formula is C22H23ClN2O8. The van der Waals surface area contributed by atoms with Crippen molar-refractivity contribution in [3.8, 4) is 5.75 Å². The van der Waals surface area contributed by atoms with Gasteiger partial charge in [-0.25, -0.2) is 0 Å². The maximum absolute atomic E-state index is 13.7. The number of rotatable bonds is 2. The second-order valence-corrected chi connectivity index (χ2v) is 9.80. The number of carbonyl (C=O) groups is 5. The molecule has 0 saturated heterocycles. The summed E-state index contributed by atoms with van der Waals surface area (Å²) in [5, 5.41) is 33.3. The van der Waals surface area contributed by atoms with Crippen LogP contribution < -0.4 is 5.73 Å². The van der Waals surface area contributed by atoms with E-state index >= 15 is 0 Å². The minimum absolute atomic E-state index is 0.0124. The summed E-state index contributed by atoms with van der Waals surface area (Å²) in [4.78, 5) is 66.6. The number of likely N-dealkylation sites (N-methyl/N-ethyl adjacent to an activating group) is 1. The maximum Gasteiger partial charge on any atom is 0.235 e. The van der Waals surface area contributed by atoms with Crippen molar-refractivity contribution in [2.24, 2.45) is 29.4 Å². The molecule has 3 aliphatic carbocycles. The summed E-state index contributed by atoms with van der Waals surface area (Å²) in [5.74, 6) is -12.5. The molecule has 2 saturated carbocycles. The van der Waals surface area contributed by atoms with Crippen LogP contribution in [-0.4, -0.2) is 75.0 Å². The zero-order valence-electron chi connectivity index (χ0n) is 18.0. The quantitative estimate of drug-likeness (QED) is 0.396. The lowest BCUT2D eigenvalue weighted by Crippen LogP contribution is -2.75. The molecule has 7 atom stereocenters. The molecule has 0 aromatic heterocycles. The smallest absolute Gasteiger partial charge is 0.235 e. The number of aromatic hydroxyl groups is 1. The number of nitrogens with zero attached hydrogens (tertiary/aromatic N) is 1. The number of phenols is 1. The summed E-state index contributed by atoms with van der Waals surface area (Å²) in [6.45, 7) is 1.32. The van der Waals surface area contributed by atoms with E-state index < -0.39 is 75.7 Å². The van der Waals surface area contributed by atoms with Crippen molar-refractivity contribution in [3.63, 3.8) is 0 Å². The van der Waals surface area contributed by atoms with Crippen molar-refractivity contribution in [3.05, 3.63) is 28.3 Å². The fourth-order valence-electron chi connectivity index (χ4n) is 5.95. The molecule has 3 aliphatic rings. The third kappa shape index (κ3) is 2.81. The first kappa shape index (κ1) is 23.5. The van der Waals surface area contributed by atoms with Gasteiger partial charge in [-0.1, -0.05) is 11.6 Å². The number of hydrogen-bond donors (Lipinski definition) is 4.